The van der Waals surface area contributed by atoms with Crippen LogP contribution in [0.4, 0.5) is 0 Å². The van der Waals surface area contributed by atoms with Gasteiger partial charge in [0.2, 0.25) is 11.8 Å². The average molecular weight is 390 g/mol. The van der Waals surface area contributed by atoms with Crippen molar-refractivity contribution in [2.75, 3.05) is 45.0 Å². The van der Waals surface area contributed by atoms with Gasteiger partial charge in [-0.1, -0.05) is 18.2 Å². The first-order chi connectivity index (χ1) is 13.0. The fourth-order valence-corrected chi connectivity index (χ4v) is 4.79. The van der Waals surface area contributed by atoms with Crippen molar-refractivity contribution in [2.24, 2.45) is 0 Å². The number of piperidine rings is 1. The molecule has 1 atom stereocenters. The van der Waals surface area contributed by atoms with Gasteiger partial charge in [0.25, 0.3) is 0 Å². The van der Waals surface area contributed by atoms with Crippen LogP contribution in [-0.2, 0) is 9.59 Å². The van der Waals surface area contributed by atoms with E-state index >= 15 is 0 Å². The van der Waals surface area contributed by atoms with E-state index in [0.29, 0.717) is 18.3 Å². The van der Waals surface area contributed by atoms with Crippen LogP contribution in [-0.4, -0.2) is 77.6 Å². The number of hydrogen-bond donors (Lipinski definition) is 0. The predicted octanol–water partition coefficient (Wildman–Crippen LogP) is 2.63. The molecule has 5 nitrogen and oxygen atoms in total. The van der Waals surface area contributed by atoms with Crippen molar-refractivity contribution in [1.29, 1.82) is 0 Å². The summed E-state index contributed by atoms with van der Waals surface area (Å²) in [4.78, 5) is 32.4. The van der Waals surface area contributed by atoms with E-state index in [0.717, 1.165) is 45.6 Å². The molecule has 0 aliphatic carbocycles. The van der Waals surface area contributed by atoms with Crippen LogP contribution in [0.5, 0.6) is 0 Å². The molecule has 0 radical (unpaired) electrons. The summed E-state index contributed by atoms with van der Waals surface area (Å²) < 4.78 is 0. The molecule has 2 heterocycles. The molecule has 0 saturated carbocycles. The predicted molar refractivity (Wildman–Crippen MR) is 110 cm³/mol. The van der Waals surface area contributed by atoms with Gasteiger partial charge in [0.05, 0.1) is 12.3 Å². The molecule has 0 aromatic heterocycles. The fourth-order valence-electron chi connectivity index (χ4n) is 3.86. The maximum absolute atomic E-state index is 12.6. The Morgan fingerprint density at radius 1 is 1.04 bits per heavy atom. The van der Waals surface area contributed by atoms with Crippen LogP contribution in [0.2, 0.25) is 0 Å². The van der Waals surface area contributed by atoms with Crippen molar-refractivity contribution in [3.8, 4) is 0 Å². The molecule has 1 aromatic carbocycles. The highest BCUT2D eigenvalue weighted by Crippen LogP contribution is 2.22. The van der Waals surface area contributed by atoms with Gasteiger partial charge in [0.1, 0.15) is 0 Å². The normalized spacial score (nSPS) is 21.3. The molecule has 2 fully saturated rings. The summed E-state index contributed by atoms with van der Waals surface area (Å²) >= 11 is 1.61. The number of thioether (sulfide) groups is 1. The Labute approximate surface area is 167 Å². The minimum absolute atomic E-state index is 0.193. The lowest BCUT2D eigenvalue weighted by Crippen LogP contribution is -2.53. The van der Waals surface area contributed by atoms with Gasteiger partial charge in [-0.3, -0.25) is 14.5 Å². The molecule has 2 saturated heterocycles. The van der Waals surface area contributed by atoms with E-state index in [1.54, 1.807) is 11.8 Å². The van der Waals surface area contributed by atoms with Crippen molar-refractivity contribution in [2.45, 2.75) is 44.0 Å². The van der Waals surface area contributed by atoms with Gasteiger partial charge in [-0.25, -0.2) is 0 Å². The Balaban J connectivity index is 1.41. The number of nitrogens with zero attached hydrogens (tertiary/aromatic N) is 3. The highest BCUT2D eigenvalue weighted by atomic mass is 32.2. The minimum Gasteiger partial charge on any atom is -0.339 e. The van der Waals surface area contributed by atoms with E-state index in [1.807, 2.05) is 21.9 Å². The van der Waals surface area contributed by atoms with E-state index < -0.39 is 0 Å². The molecule has 2 amide bonds. The molecular formula is C21H31N3O2S. The number of carbonyl (C=O) groups excluding carboxylic acids is 2. The third kappa shape index (κ3) is 5.48. The van der Waals surface area contributed by atoms with E-state index in [4.69, 9.17) is 0 Å². The number of likely N-dealkylation sites (tertiary alicyclic amines) is 1. The zero-order valence-corrected chi connectivity index (χ0v) is 17.3. The summed E-state index contributed by atoms with van der Waals surface area (Å²) in [5, 5.41) is 0. The molecule has 1 unspecified atom stereocenters. The molecule has 2 aliphatic heterocycles. The number of benzene rings is 1. The number of amides is 2. The number of aryl methyl sites for hydroxylation is 1. The Morgan fingerprint density at radius 3 is 2.48 bits per heavy atom. The van der Waals surface area contributed by atoms with E-state index in [2.05, 4.69) is 30.9 Å². The first-order valence-corrected chi connectivity index (χ1v) is 11.0. The zero-order chi connectivity index (χ0) is 19.2. The monoisotopic (exact) mass is 389 g/mol. The van der Waals surface area contributed by atoms with Gasteiger partial charge in [0, 0.05) is 43.7 Å². The first-order valence-electron chi connectivity index (χ1n) is 10.0. The summed E-state index contributed by atoms with van der Waals surface area (Å²) in [5.74, 6) is 0.922. The number of piperazine rings is 1. The average Bonchev–Trinajstić information content (AvgIpc) is 2.68. The lowest BCUT2D eigenvalue weighted by molar-refractivity contribution is -0.136. The highest BCUT2D eigenvalue weighted by molar-refractivity contribution is 8.00. The zero-order valence-electron chi connectivity index (χ0n) is 16.5. The van der Waals surface area contributed by atoms with Crippen LogP contribution in [0.3, 0.4) is 0 Å². The highest BCUT2D eigenvalue weighted by Gasteiger charge is 2.27. The standard InChI is InChI=1S/C21H31N3O2S/c1-17-7-3-4-9-19(17)27-16-21(26)23-13-11-22(12-14-23)15-20(25)24-10-6-5-8-18(24)2/h3-4,7,9,18H,5-6,8,10-16H2,1-2H3. The summed E-state index contributed by atoms with van der Waals surface area (Å²) in [7, 11) is 0. The topological polar surface area (TPSA) is 43.9 Å². The van der Waals surface area contributed by atoms with Crippen LogP contribution in [0.1, 0.15) is 31.7 Å². The second kappa shape index (κ2) is 9.60. The van der Waals surface area contributed by atoms with E-state index in [-0.39, 0.29) is 11.8 Å². The van der Waals surface area contributed by atoms with Crippen molar-refractivity contribution < 1.29 is 9.59 Å². The molecule has 27 heavy (non-hydrogen) atoms. The van der Waals surface area contributed by atoms with Crippen LogP contribution >= 0.6 is 11.8 Å². The Hall–Kier alpha value is -1.53. The minimum atomic E-state index is 0.193. The Kier molecular flexibility index (Phi) is 7.19. The molecule has 0 spiro atoms. The second-order valence-electron chi connectivity index (χ2n) is 7.64. The molecule has 6 heteroatoms. The SMILES string of the molecule is Cc1ccccc1SCC(=O)N1CCN(CC(=O)N2CCCCC2C)CC1. The summed E-state index contributed by atoms with van der Waals surface area (Å²) in [5.41, 5.74) is 1.21. The largest absolute Gasteiger partial charge is 0.339 e. The molecule has 0 bridgehead atoms. The second-order valence-corrected chi connectivity index (χ2v) is 8.66. The quantitative estimate of drug-likeness (QED) is 0.726. The summed E-state index contributed by atoms with van der Waals surface area (Å²) in [6, 6.07) is 8.54. The van der Waals surface area contributed by atoms with Crippen LogP contribution in [0.15, 0.2) is 29.2 Å². The maximum Gasteiger partial charge on any atom is 0.236 e. The van der Waals surface area contributed by atoms with Gasteiger partial charge in [-0.05, 0) is 44.7 Å². The van der Waals surface area contributed by atoms with Crippen molar-refractivity contribution in [3.05, 3.63) is 29.8 Å². The van der Waals surface area contributed by atoms with Crippen molar-refractivity contribution in [1.82, 2.24) is 14.7 Å². The van der Waals surface area contributed by atoms with Crippen LogP contribution in [0.25, 0.3) is 0 Å². The number of hydrogen-bond acceptors (Lipinski definition) is 4. The lowest BCUT2D eigenvalue weighted by Gasteiger charge is -2.38. The molecule has 1 aromatic rings. The first kappa shape index (κ1) is 20.2. The molecular weight excluding hydrogens is 358 g/mol. The fraction of sp³-hybridized carbons (Fsp3) is 0.619. The van der Waals surface area contributed by atoms with Gasteiger partial charge < -0.3 is 9.80 Å². The smallest absolute Gasteiger partial charge is 0.236 e. The van der Waals surface area contributed by atoms with Gasteiger partial charge >= 0.3 is 0 Å². The number of rotatable bonds is 5. The molecule has 2 aliphatic rings. The third-order valence-electron chi connectivity index (χ3n) is 5.65. The summed E-state index contributed by atoms with van der Waals surface area (Å²) in [6.45, 7) is 8.62. The van der Waals surface area contributed by atoms with Crippen LogP contribution < -0.4 is 0 Å². The lowest BCUT2D eigenvalue weighted by atomic mass is 10.0. The van der Waals surface area contributed by atoms with Crippen LogP contribution in [0, 0.1) is 6.92 Å². The van der Waals surface area contributed by atoms with E-state index in [1.165, 1.54) is 16.9 Å². The molecule has 148 valence electrons. The summed E-state index contributed by atoms with van der Waals surface area (Å²) in [6.07, 6.45) is 3.47. The van der Waals surface area contributed by atoms with Gasteiger partial charge in [-0.15, -0.1) is 11.8 Å². The van der Waals surface area contributed by atoms with Crippen molar-refractivity contribution in [3.63, 3.8) is 0 Å². The van der Waals surface area contributed by atoms with E-state index in [9.17, 15) is 9.59 Å². The molecule has 0 N–H and O–H groups in total. The third-order valence-corrected chi connectivity index (χ3v) is 6.81. The maximum atomic E-state index is 12.6. The van der Waals surface area contributed by atoms with Crippen molar-refractivity contribution >= 4 is 23.6 Å². The number of carbonyl (C=O) groups is 2. The Bertz CT molecular complexity index is 659. The Morgan fingerprint density at radius 2 is 1.78 bits per heavy atom. The van der Waals surface area contributed by atoms with Gasteiger partial charge in [0.15, 0.2) is 0 Å². The molecule has 3 rings (SSSR count). The van der Waals surface area contributed by atoms with Gasteiger partial charge in [-0.2, -0.15) is 0 Å².